The van der Waals surface area contributed by atoms with Crippen LogP contribution in [0, 0.1) is 19.8 Å². The normalized spacial score (nSPS) is 12.0. The topological polar surface area (TPSA) is 49.4 Å². The van der Waals surface area contributed by atoms with Gasteiger partial charge in [-0.25, -0.2) is 0 Å². The molecule has 0 unspecified atom stereocenters. The average molecular weight is 429 g/mol. The average Bonchev–Trinajstić information content (AvgIpc) is 2.70. The number of carbonyl (C=O) groups is 2. The molecule has 30 heavy (non-hydrogen) atoms. The van der Waals surface area contributed by atoms with E-state index in [1.165, 1.54) is 5.56 Å². The van der Waals surface area contributed by atoms with Crippen molar-refractivity contribution in [2.24, 2.45) is 5.92 Å². The molecule has 2 aromatic rings. The number of aryl methyl sites for hydroxylation is 2. The largest absolute Gasteiger partial charge is 0.354 e. The maximum Gasteiger partial charge on any atom is 0.242 e. The monoisotopic (exact) mass is 428 g/mol. The van der Waals surface area contributed by atoms with Gasteiger partial charge in [0.05, 0.1) is 6.42 Å². The van der Waals surface area contributed by atoms with Gasteiger partial charge in [0, 0.05) is 18.1 Å². The molecular weight excluding hydrogens is 396 g/mol. The Bertz CT molecular complexity index is 879. The van der Waals surface area contributed by atoms with Gasteiger partial charge in [-0.05, 0) is 54.5 Å². The van der Waals surface area contributed by atoms with Gasteiger partial charge < -0.3 is 10.2 Å². The fraction of sp³-hybridized carbons (Fsp3) is 0.440. The molecule has 0 heterocycles. The Hall–Kier alpha value is -2.33. The highest BCUT2D eigenvalue weighted by Gasteiger charge is 2.29. The van der Waals surface area contributed by atoms with Gasteiger partial charge in [0.1, 0.15) is 6.04 Å². The van der Waals surface area contributed by atoms with Crippen LogP contribution in [-0.2, 0) is 22.6 Å². The first-order chi connectivity index (χ1) is 14.2. The van der Waals surface area contributed by atoms with Crippen molar-refractivity contribution < 1.29 is 9.59 Å². The van der Waals surface area contributed by atoms with Crippen LogP contribution in [0.4, 0.5) is 0 Å². The Morgan fingerprint density at radius 2 is 1.77 bits per heavy atom. The molecule has 1 N–H and O–H groups in total. The van der Waals surface area contributed by atoms with Crippen molar-refractivity contribution in [3.63, 3.8) is 0 Å². The number of carbonyl (C=O) groups excluding carboxylic acids is 2. The first kappa shape index (κ1) is 23.9. The number of halogens is 1. The number of hydrogen-bond donors (Lipinski definition) is 1. The van der Waals surface area contributed by atoms with E-state index in [0.717, 1.165) is 16.7 Å². The lowest BCUT2D eigenvalue weighted by molar-refractivity contribution is -0.141. The van der Waals surface area contributed by atoms with Crippen molar-refractivity contribution in [2.75, 3.05) is 6.54 Å². The third-order valence-corrected chi connectivity index (χ3v) is 5.66. The molecule has 5 heteroatoms. The highest BCUT2D eigenvalue weighted by atomic mass is 35.5. The summed E-state index contributed by atoms with van der Waals surface area (Å²) in [6.45, 7) is 11.0. The van der Waals surface area contributed by atoms with E-state index in [1.54, 1.807) is 4.90 Å². The first-order valence-corrected chi connectivity index (χ1v) is 11.0. The van der Waals surface area contributed by atoms with Crippen LogP contribution in [0.3, 0.4) is 0 Å². The fourth-order valence-corrected chi connectivity index (χ4v) is 3.54. The summed E-state index contributed by atoms with van der Waals surface area (Å²) in [5.41, 5.74) is 4.13. The molecule has 0 bridgehead atoms. The van der Waals surface area contributed by atoms with Gasteiger partial charge in [-0.1, -0.05) is 68.8 Å². The molecular formula is C25H33ClN2O2. The van der Waals surface area contributed by atoms with E-state index in [9.17, 15) is 9.59 Å². The Labute approximate surface area is 185 Å². The smallest absolute Gasteiger partial charge is 0.242 e. The van der Waals surface area contributed by atoms with Gasteiger partial charge in [-0.15, -0.1) is 0 Å². The molecule has 1 atom stereocenters. The summed E-state index contributed by atoms with van der Waals surface area (Å²) >= 11 is 6.36. The summed E-state index contributed by atoms with van der Waals surface area (Å²) in [5, 5.41) is 3.58. The lowest BCUT2D eigenvalue weighted by Gasteiger charge is -2.31. The van der Waals surface area contributed by atoms with E-state index in [2.05, 4.69) is 12.2 Å². The minimum absolute atomic E-state index is 0.0790. The maximum absolute atomic E-state index is 13.4. The number of nitrogens with one attached hydrogen (secondary N) is 1. The molecule has 2 rings (SSSR count). The summed E-state index contributed by atoms with van der Waals surface area (Å²) in [5.74, 6) is 0.145. The van der Waals surface area contributed by atoms with Crippen molar-refractivity contribution in [1.82, 2.24) is 10.2 Å². The van der Waals surface area contributed by atoms with Crippen LogP contribution >= 0.6 is 11.6 Å². The van der Waals surface area contributed by atoms with E-state index < -0.39 is 6.04 Å². The third-order valence-electron chi connectivity index (χ3n) is 5.30. The standard InChI is InChI=1S/C25H33ClN2O2/c1-6-23(25(30)27-15-17(2)3)28(16-21-9-7-8-10-22(21)26)24(29)14-20-12-11-18(4)19(5)13-20/h7-13,17,23H,6,14-16H2,1-5H3,(H,27,30)/t23-/m0/s1. The van der Waals surface area contributed by atoms with Crippen LogP contribution in [0.15, 0.2) is 42.5 Å². The number of benzene rings is 2. The second-order valence-electron chi connectivity index (χ2n) is 8.27. The molecule has 0 aliphatic carbocycles. The molecule has 0 aromatic heterocycles. The maximum atomic E-state index is 13.4. The molecule has 0 aliphatic heterocycles. The summed E-state index contributed by atoms with van der Waals surface area (Å²) in [7, 11) is 0. The molecule has 0 spiro atoms. The number of rotatable bonds is 9. The van der Waals surface area contributed by atoms with Crippen molar-refractivity contribution in [3.05, 3.63) is 69.7 Å². The SMILES string of the molecule is CC[C@@H](C(=O)NCC(C)C)N(Cc1ccccc1Cl)C(=O)Cc1ccc(C)c(C)c1. The number of amides is 2. The van der Waals surface area contributed by atoms with Gasteiger partial charge in [0.25, 0.3) is 0 Å². The molecule has 2 amide bonds. The van der Waals surface area contributed by atoms with E-state index in [1.807, 2.05) is 70.2 Å². The first-order valence-electron chi connectivity index (χ1n) is 10.6. The van der Waals surface area contributed by atoms with Crippen molar-refractivity contribution in [3.8, 4) is 0 Å². The molecule has 0 saturated heterocycles. The highest BCUT2D eigenvalue weighted by molar-refractivity contribution is 6.31. The zero-order valence-corrected chi connectivity index (χ0v) is 19.4. The van der Waals surface area contributed by atoms with Gasteiger partial charge in [0.2, 0.25) is 11.8 Å². The molecule has 0 aliphatic rings. The van der Waals surface area contributed by atoms with Crippen molar-refractivity contribution >= 4 is 23.4 Å². The quantitative estimate of drug-likeness (QED) is 0.605. The predicted molar refractivity (Wildman–Crippen MR) is 124 cm³/mol. The molecule has 162 valence electrons. The van der Waals surface area contributed by atoms with Crippen LogP contribution in [0.2, 0.25) is 5.02 Å². The fourth-order valence-electron chi connectivity index (χ4n) is 3.34. The lowest BCUT2D eigenvalue weighted by Crippen LogP contribution is -2.50. The number of nitrogens with zero attached hydrogens (tertiary/aromatic N) is 1. The van der Waals surface area contributed by atoms with Gasteiger partial charge in [0.15, 0.2) is 0 Å². The number of hydrogen-bond acceptors (Lipinski definition) is 2. The highest BCUT2D eigenvalue weighted by Crippen LogP contribution is 2.21. The van der Waals surface area contributed by atoms with Crippen LogP contribution < -0.4 is 5.32 Å². The summed E-state index contributed by atoms with van der Waals surface area (Å²) in [4.78, 5) is 28.0. The van der Waals surface area contributed by atoms with Crippen molar-refractivity contribution in [2.45, 2.75) is 60.0 Å². The van der Waals surface area contributed by atoms with Crippen LogP contribution in [0.1, 0.15) is 49.4 Å². The van der Waals surface area contributed by atoms with Crippen LogP contribution in [0.5, 0.6) is 0 Å². The Balaban J connectivity index is 2.30. The van der Waals surface area contributed by atoms with Gasteiger partial charge in [-0.3, -0.25) is 9.59 Å². The minimum Gasteiger partial charge on any atom is -0.354 e. The minimum atomic E-state index is -0.543. The van der Waals surface area contributed by atoms with E-state index in [4.69, 9.17) is 11.6 Å². The third kappa shape index (κ3) is 6.60. The van der Waals surface area contributed by atoms with E-state index in [0.29, 0.717) is 30.5 Å². The van der Waals surface area contributed by atoms with E-state index in [-0.39, 0.29) is 18.2 Å². The molecule has 0 saturated carbocycles. The molecule has 2 aromatic carbocycles. The molecule has 0 radical (unpaired) electrons. The van der Waals surface area contributed by atoms with Gasteiger partial charge >= 0.3 is 0 Å². The summed E-state index contributed by atoms with van der Waals surface area (Å²) in [6, 6.07) is 13.0. The zero-order chi connectivity index (χ0) is 22.3. The lowest BCUT2D eigenvalue weighted by atomic mass is 10.0. The van der Waals surface area contributed by atoms with Crippen LogP contribution in [0.25, 0.3) is 0 Å². The molecule has 0 fully saturated rings. The van der Waals surface area contributed by atoms with Crippen molar-refractivity contribution in [1.29, 1.82) is 0 Å². The van der Waals surface area contributed by atoms with Gasteiger partial charge in [-0.2, -0.15) is 0 Å². The Morgan fingerprint density at radius 3 is 2.37 bits per heavy atom. The second kappa shape index (κ2) is 11.2. The predicted octanol–water partition coefficient (Wildman–Crippen LogP) is 5.08. The Kier molecular flexibility index (Phi) is 8.91. The molecule has 4 nitrogen and oxygen atoms in total. The van der Waals surface area contributed by atoms with E-state index >= 15 is 0 Å². The summed E-state index contributed by atoms with van der Waals surface area (Å²) < 4.78 is 0. The summed E-state index contributed by atoms with van der Waals surface area (Å²) in [6.07, 6.45) is 0.784. The van der Waals surface area contributed by atoms with Crippen LogP contribution in [-0.4, -0.2) is 29.3 Å². The zero-order valence-electron chi connectivity index (χ0n) is 18.7. The Morgan fingerprint density at radius 1 is 1.07 bits per heavy atom. The second-order valence-corrected chi connectivity index (χ2v) is 8.68.